The zero-order chi connectivity index (χ0) is 18.4. The van der Waals surface area contributed by atoms with Crippen molar-refractivity contribution < 1.29 is 19.0 Å². The van der Waals surface area contributed by atoms with Crippen LogP contribution in [0.4, 0.5) is 0 Å². The second-order valence-electron chi connectivity index (χ2n) is 7.64. The second kappa shape index (κ2) is 6.28. The Morgan fingerprint density at radius 2 is 1.92 bits per heavy atom. The van der Waals surface area contributed by atoms with Crippen molar-refractivity contribution in [2.45, 2.75) is 37.9 Å². The van der Waals surface area contributed by atoms with E-state index in [9.17, 15) is 4.79 Å². The molecule has 0 bridgehead atoms. The highest BCUT2D eigenvalue weighted by Crippen LogP contribution is 2.36. The van der Waals surface area contributed by atoms with Crippen molar-refractivity contribution in [2.75, 3.05) is 33.4 Å². The highest BCUT2D eigenvalue weighted by atomic mass is 16.7. The minimum Gasteiger partial charge on any atom is -0.497 e. The molecule has 6 heteroatoms. The summed E-state index contributed by atoms with van der Waals surface area (Å²) in [5.74, 6) is 0.459. The number of hydrogen-bond donors (Lipinski definition) is 1. The number of rotatable bonds is 3. The first kappa shape index (κ1) is 17.4. The number of fused-ring (bicyclic) bond motifs is 1. The van der Waals surface area contributed by atoms with E-state index in [1.54, 1.807) is 7.11 Å². The lowest BCUT2D eigenvalue weighted by molar-refractivity contribution is -0.188. The molecule has 0 aliphatic carbocycles. The van der Waals surface area contributed by atoms with Crippen molar-refractivity contribution >= 4 is 16.8 Å². The van der Waals surface area contributed by atoms with Crippen LogP contribution in [0.25, 0.3) is 10.9 Å². The molecule has 3 heterocycles. The minimum atomic E-state index is -0.632. The SMILES string of the molecule is COc1ccc2[nH]cc(C(C)(C)C(=O)N3CCC4(CC3)OCCO4)c2c1. The number of hydrogen-bond acceptors (Lipinski definition) is 4. The van der Waals surface area contributed by atoms with E-state index in [-0.39, 0.29) is 5.91 Å². The molecule has 1 N–H and O–H groups in total. The zero-order valence-electron chi connectivity index (χ0n) is 15.6. The van der Waals surface area contributed by atoms with Gasteiger partial charge in [-0.2, -0.15) is 0 Å². The minimum absolute atomic E-state index is 0.133. The lowest BCUT2D eigenvalue weighted by atomic mass is 9.82. The summed E-state index contributed by atoms with van der Waals surface area (Å²) in [6.07, 6.45) is 3.41. The third kappa shape index (κ3) is 2.77. The molecule has 0 saturated carbocycles. The first-order valence-corrected chi connectivity index (χ1v) is 9.18. The molecule has 0 unspecified atom stereocenters. The molecule has 2 saturated heterocycles. The zero-order valence-corrected chi connectivity index (χ0v) is 15.6. The Kier molecular flexibility index (Phi) is 4.20. The van der Waals surface area contributed by atoms with Crippen molar-refractivity contribution in [1.82, 2.24) is 9.88 Å². The molecule has 26 heavy (non-hydrogen) atoms. The molecule has 140 valence electrons. The number of piperidine rings is 1. The fraction of sp³-hybridized carbons (Fsp3) is 0.550. The summed E-state index contributed by atoms with van der Waals surface area (Å²) in [4.78, 5) is 18.5. The van der Waals surface area contributed by atoms with E-state index in [2.05, 4.69) is 4.98 Å². The molecular weight excluding hydrogens is 332 g/mol. The van der Waals surface area contributed by atoms with Crippen molar-refractivity contribution in [3.05, 3.63) is 30.0 Å². The number of carbonyl (C=O) groups excluding carboxylic acids is 1. The summed E-state index contributed by atoms with van der Waals surface area (Å²) in [6.45, 7) is 6.60. The third-order valence-electron chi connectivity index (χ3n) is 5.72. The summed E-state index contributed by atoms with van der Waals surface area (Å²) in [6, 6.07) is 5.89. The number of methoxy groups -OCH3 is 1. The topological polar surface area (TPSA) is 63.8 Å². The predicted octanol–water partition coefficient (Wildman–Crippen LogP) is 2.82. The smallest absolute Gasteiger partial charge is 0.232 e. The molecule has 2 fully saturated rings. The highest BCUT2D eigenvalue weighted by molar-refractivity contribution is 5.95. The summed E-state index contributed by atoms with van der Waals surface area (Å²) >= 11 is 0. The molecule has 2 aliphatic heterocycles. The Morgan fingerprint density at radius 1 is 1.23 bits per heavy atom. The molecule has 4 rings (SSSR count). The Balaban J connectivity index is 1.57. The molecule has 2 aromatic rings. The van der Waals surface area contributed by atoms with Crippen LogP contribution in [0.3, 0.4) is 0 Å². The molecule has 2 aliphatic rings. The summed E-state index contributed by atoms with van der Waals surface area (Å²) in [7, 11) is 1.65. The second-order valence-corrected chi connectivity index (χ2v) is 7.64. The van der Waals surface area contributed by atoms with Gasteiger partial charge in [-0.25, -0.2) is 0 Å². The first-order chi connectivity index (χ1) is 12.5. The number of nitrogens with zero attached hydrogens (tertiary/aromatic N) is 1. The van der Waals surface area contributed by atoms with Crippen LogP contribution in [0.15, 0.2) is 24.4 Å². The molecule has 0 radical (unpaired) electrons. The van der Waals surface area contributed by atoms with Gasteiger partial charge in [0.2, 0.25) is 5.91 Å². The predicted molar refractivity (Wildman–Crippen MR) is 98.3 cm³/mol. The Labute approximate surface area is 153 Å². The molecule has 0 atom stereocenters. The number of likely N-dealkylation sites (tertiary alicyclic amines) is 1. The molecule has 1 spiro atoms. The number of aromatic nitrogens is 1. The number of benzene rings is 1. The molecule has 1 aromatic heterocycles. The van der Waals surface area contributed by atoms with E-state index in [0.29, 0.717) is 26.3 Å². The van der Waals surface area contributed by atoms with Crippen molar-refractivity contribution in [3.8, 4) is 5.75 Å². The van der Waals surface area contributed by atoms with Gasteiger partial charge in [-0.05, 0) is 37.6 Å². The van der Waals surface area contributed by atoms with Gasteiger partial charge in [-0.1, -0.05) is 0 Å². The normalized spacial score (nSPS) is 20.0. The number of amides is 1. The van der Waals surface area contributed by atoms with Gasteiger partial charge in [0.1, 0.15) is 5.75 Å². The van der Waals surface area contributed by atoms with Crippen molar-refractivity contribution in [1.29, 1.82) is 0 Å². The molecule has 1 aromatic carbocycles. The number of H-pyrrole nitrogens is 1. The van der Waals surface area contributed by atoms with Gasteiger partial charge < -0.3 is 24.1 Å². The number of carbonyl (C=O) groups is 1. The molecule has 6 nitrogen and oxygen atoms in total. The number of aromatic amines is 1. The van der Waals surface area contributed by atoms with Crippen molar-refractivity contribution in [3.63, 3.8) is 0 Å². The number of ether oxygens (including phenoxy) is 3. The summed E-state index contributed by atoms with van der Waals surface area (Å²) in [5, 5.41) is 1.03. The van der Waals surface area contributed by atoms with Gasteiger partial charge in [0, 0.05) is 43.0 Å². The maximum Gasteiger partial charge on any atom is 0.232 e. The van der Waals surface area contributed by atoms with E-state index in [1.165, 1.54) is 0 Å². The van der Waals surface area contributed by atoms with E-state index >= 15 is 0 Å². The van der Waals surface area contributed by atoms with Crippen LogP contribution >= 0.6 is 0 Å². The standard InChI is InChI=1S/C20H26N2O4/c1-19(2,16-13-21-17-5-4-14(24-3)12-15(16)17)18(23)22-8-6-20(7-9-22)25-10-11-26-20/h4-5,12-13,21H,6-11H2,1-3H3. The Bertz CT molecular complexity index is 810. The van der Waals surface area contributed by atoms with Crippen molar-refractivity contribution in [2.24, 2.45) is 0 Å². The Morgan fingerprint density at radius 3 is 2.58 bits per heavy atom. The molecule has 1 amide bonds. The Hall–Kier alpha value is -2.05. The monoisotopic (exact) mass is 358 g/mol. The van der Waals surface area contributed by atoms with Crippen LogP contribution in [0.5, 0.6) is 5.75 Å². The molecular formula is C20H26N2O4. The van der Waals surface area contributed by atoms with Gasteiger partial charge >= 0.3 is 0 Å². The maximum absolute atomic E-state index is 13.3. The fourth-order valence-corrected chi connectivity index (χ4v) is 4.09. The van der Waals surface area contributed by atoms with E-state index < -0.39 is 11.2 Å². The quantitative estimate of drug-likeness (QED) is 0.916. The van der Waals surface area contributed by atoms with Crippen LogP contribution in [0.2, 0.25) is 0 Å². The summed E-state index contributed by atoms with van der Waals surface area (Å²) < 4.78 is 16.9. The van der Waals surface area contributed by atoms with Crippen LogP contribution in [0, 0.1) is 0 Å². The maximum atomic E-state index is 13.3. The lowest BCUT2D eigenvalue weighted by Gasteiger charge is -2.40. The summed E-state index contributed by atoms with van der Waals surface area (Å²) in [5.41, 5.74) is 1.36. The highest BCUT2D eigenvalue weighted by Gasteiger charge is 2.43. The average Bonchev–Trinajstić information content (AvgIpc) is 3.28. The lowest BCUT2D eigenvalue weighted by Crippen LogP contribution is -2.51. The van der Waals surface area contributed by atoms with E-state index in [0.717, 1.165) is 35.1 Å². The average molecular weight is 358 g/mol. The van der Waals surface area contributed by atoms with Gasteiger partial charge in [0.05, 0.1) is 25.7 Å². The van der Waals surface area contributed by atoms with Crippen LogP contribution in [0.1, 0.15) is 32.3 Å². The largest absolute Gasteiger partial charge is 0.497 e. The third-order valence-corrected chi connectivity index (χ3v) is 5.72. The van der Waals surface area contributed by atoms with Gasteiger partial charge in [0.15, 0.2) is 5.79 Å². The first-order valence-electron chi connectivity index (χ1n) is 9.18. The van der Waals surface area contributed by atoms with Crippen LogP contribution in [-0.4, -0.2) is 55.0 Å². The van der Waals surface area contributed by atoms with E-state index in [1.807, 2.05) is 43.1 Å². The van der Waals surface area contributed by atoms with Crippen LogP contribution in [-0.2, 0) is 19.7 Å². The van der Waals surface area contributed by atoms with Gasteiger partial charge in [-0.3, -0.25) is 4.79 Å². The number of nitrogens with one attached hydrogen (secondary N) is 1. The van der Waals surface area contributed by atoms with Gasteiger partial charge in [0.25, 0.3) is 0 Å². The van der Waals surface area contributed by atoms with Crippen LogP contribution < -0.4 is 4.74 Å². The fourth-order valence-electron chi connectivity index (χ4n) is 4.09. The van der Waals surface area contributed by atoms with Gasteiger partial charge in [-0.15, -0.1) is 0 Å². The van der Waals surface area contributed by atoms with E-state index in [4.69, 9.17) is 14.2 Å².